The maximum atomic E-state index is 12.2. The van der Waals surface area contributed by atoms with Gasteiger partial charge in [-0.25, -0.2) is 0 Å². The molecule has 142 valence electrons. The predicted octanol–water partition coefficient (Wildman–Crippen LogP) is 4.86. The highest BCUT2D eigenvalue weighted by Crippen LogP contribution is 2.19. The standard InChI is InChI=1S/C24H22O4/c1-18-6-5-9-22(16-18)27-15-14-24(26)28-17-23(25)21-12-10-20(11-13-21)19-7-3-2-4-8-19/h2-13,16H,14-15,17H2,1H3. The average molecular weight is 374 g/mol. The van der Waals surface area contributed by atoms with E-state index in [0.29, 0.717) is 11.3 Å². The molecule has 0 bridgehead atoms. The molecule has 0 radical (unpaired) electrons. The van der Waals surface area contributed by atoms with Gasteiger partial charge in [0.25, 0.3) is 0 Å². The molecule has 0 heterocycles. The molecule has 3 aromatic rings. The molecule has 0 aromatic heterocycles. The van der Waals surface area contributed by atoms with E-state index in [1.807, 2.05) is 73.7 Å². The van der Waals surface area contributed by atoms with Gasteiger partial charge in [-0.3, -0.25) is 9.59 Å². The van der Waals surface area contributed by atoms with E-state index in [4.69, 9.17) is 9.47 Å². The van der Waals surface area contributed by atoms with Crippen molar-refractivity contribution in [1.29, 1.82) is 0 Å². The van der Waals surface area contributed by atoms with E-state index in [0.717, 1.165) is 16.7 Å². The van der Waals surface area contributed by atoms with Crippen LogP contribution in [0.15, 0.2) is 78.9 Å². The van der Waals surface area contributed by atoms with Gasteiger partial charge in [0.1, 0.15) is 5.75 Å². The Balaban J connectivity index is 1.44. The van der Waals surface area contributed by atoms with Crippen LogP contribution in [-0.4, -0.2) is 25.0 Å². The zero-order valence-electron chi connectivity index (χ0n) is 15.8. The molecule has 0 atom stereocenters. The minimum Gasteiger partial charge on any atom is -0.493 e. The number of rotatable bonds is 8. The molecule has 0 unspecified atom stereocenters. The third kappa shape index (κ3) is 5.55. The molecular formula is C24H22O4. The van der Waals surface area contributed by atoms with Crippen molar-refractivity contribution in [2.24, 2.45) is 0 Å². The third-order valence-corrected chi connectivity index (χ3v) is 4.24. The van der Waals surface area contributed by atoms with Crippen LogP contribution in [0.2, 0.25) is 0 Å². The number of hydrogen-bond donors (Lipinski definition) is 0. The first-order chi connectivity index (χ1) is 13.6. The predicted molar refractivity (Wildman–Crippen MR) is 108 cm³/mol. The van der Waals surface area contributed by atoms with Gasteiger partial charge in [-0.05, 0) is 35.7 Å². The normalized spacial score (nSPS) is 10.3. The largest absolute Gasteiger partial charge is 0.493 e. The molecule has 0 aliphatic heterocycles. The Bertz CT molecular complexity index is 930. The SMILES string of the molecule is Cc1cccc(OCCC(=O)OCC(=O)c2ccc(-c3ccccc3)cc2)c1. The summed E-state index contributed by atoms with van der Waals surface area (Å²) in [6.45, 7) is 1.91. The first-order valence-electron chi connectivity index (χ1n) is 9.15. The smallest absolute Gasteiger partial charge is 0.309 e. The van der Waals surface area contributed by atoms with Crippen LogP contribution in [0.3, 0.4) is 0 Å². The average Bonchev–Trinajstić information content (AvgIpc) is 2.73. The maximum absolute atomic E-state index is 12.2. The van der Waals surface area contributed by atoms with Crippen molar-refractivity contribution in [1.82, 2.24) is 0 Å². The fourth-order valence-corrected chi connectivity index (χ4v) is 2.74. The second-order valence-corrected chi connectivity index (χ2v) is 6.44. The Hall–Kier alpha value is -3.40. The summed E-state index contributed by atoms with van der Waals surface area (Å²) in [5, 5.41) is 0. The summed E-state index contributed by atoms with van der Waals surface area (Å²) >= 11 is 0. The van der Waals surface area contributed by atoms with Crippen LogP contribution in [0.1, 0.15) is 22.3 Å². The zero-order valence-corrected chi connectivity index (χ0v) is 15.8. The molecule has 0 fully saturated rings. The van der Waals surface area contributed by atoms with E-state index >= 15 is 0 Å². The minimum absolute atomic E-state index is 0.0914. The van der Waals surface area contributed by atoms with Crippen molar-refractivity contribution in [2.75, 3.05) is 13.2 Å². The van der Waals surface area contributed by atoms with E-state index in [2.05, 4.69) is 0 Å². The van der Waals surface area contributed by atoms with E-state index in [1.54, 1.807) is 12.1 Å². The molecular weight excluding hydrogens is 352 g/mol. The summed E-state index contributed by atoms with van der Waals surface area (Å²) in [4.78, 5) is 24.0. The van der Waals surface area contributed by atoms with Crippen LogP contribution in [0.25, 0.3) is 11.1 Å². The molecule has 3 rings (SSSR count). The molecule has 3 aromatic carbocycles. The van der Waals surface area contributed by atoms with Crippen molar-refractivity contribution >= 4 is 11.8 Å². The number of ketones is 1. The summed E-state index contributed by atoms with van der Waals surface area (Å²) < 4.78 is 10.6. The number of benzene rings is 3. The van der Waals surface area contributed by atoms with Crippen LogP contribution in [0.4, 0.5) is 0 Å². The van der Waals surface area contributed by atoms with Crippen molar-refractivity contribution < 1.29 is 19.1 Å². The molecule has 0 N–H and O–H groups in total. The maximum Gasteiger partial charge on any atom is 0.309 e. The van der Waals surface area contributed by atoms with Crippen LogP contribution in [0, 0.1) is 6.92 Å². The summed E-state index contributed by atoms with van der Waals surface area (Å²) in [7, 11) is 0. The number of carbonyl (C=O) groups is 2. The number of esters is 1. The molecule has 4 nitrogen and oxygen atoms in total. The molecule has 0 saturated carbocycles. The highest BCUT2D eigenvalue weighted by molar-refractivity contribution is 5.98. The first kappa shape index (κ1) is 19.4. The lowest BCUT2D eigenvalue weighted by Crippen LogP contribution is -2.16. The highest BCUT2D eigenvalue weighted by atomic mass is 16.5. The van der Waals surface area contributed by atoms with Crippen LogP contribution in [0.5, 0.6) is 5.75 Å². The van der Waals surface area contributed by atoms with Gasteiger partial charge in [0.05, 0.1) is 13.0 Å². The molecule has 0 aliphatic rings. The molecule has 0 spiro atoms. The lowest BCUT2D eigenvalue weighted by atomic mass is 10.0. The topological polar surface area (TPSA) is 52.6 Å². The Morgan fingerprint density at radius 3 is 2.25 bits per heavy atom. The quantitative estimate of drug-likeness (QED) is 0.417. The van der Waals surface area contributed by atoms with Crippen LogP contribution < -0.4 is 4.74 Å². The summed E-state index contributed by atoms with van der Waals surface area (Å²) in [5.41, 5.74) is 3.72. The van der Waals surface area contributed by atoms with Gasteiger partial charge in [-0.2, -0.15) is 0 Å². The van der Waals surface area contributed by atoms with Crippen molar-refractivity contribution in [3.05, 3.63) is 90.0 Å². The van der Waals surface area contributed by atoms with Gasteiger partial charge in [0, 0.05) is 5.56 Å². The summed E-state index contributed by atoms with van der Waals surface area (Å²) in [6, 6.07) is 24.8. The second kappa shape index (κ2) is 9.51. The Kier molecular flexibility index (Phi) is 6.58. The van der Waals surface area contributed by atoms with Crippen LogP contribution in [-0.2, 0) is 9.53 Å². The summed E-state index contributed by atoms with van der Waals surface area (Å²) in [6.07, 6.45) is 0.0914. The van der Waals surface area contributed by atoms with Gasteiger partial charge in [-0.1, -0.05) is 66.7 Å². The van der Waals surface area contributed by atoms with Crippen molar-refractivity contribution in [3.63, 3.8) is 0 Å². The number of aryl methyl sites for hydroxylation is 1. The van der Waals surface area contributed by atoms with Gasteiger partial charge in [0.2, 0.25) is 0 Å². The Labute approximate surface area is 164 Å². The number of hydrogen-bond acceptors (Lipinski definition) is 4. The summed E-state index contributed by atoms with van der Waals surface area (Å²) in [5.74, 6) is 0.0249. The fraction of sp³-hybridized carbons (Fsp3) is 0.167. The Morgan fingerprint density at radius 1 is 0.821 bits per heavy atom. The number of carbonyl (C=O) groups excluding carboxylic acids is 2. The van der Waals surface area contributed by atoms with Gasteiger partial charge in [0.15, 0.2) is 12.4 Å². The zero-order chi connectivity index (χ0) is 19.8. The number of ether oxygens (including phenoxy) is 2. The van der Waals surface area contributed by atoms with Gasteiger partial charge >= 0.3 is 5.97 Å². The first-order valence-corrected chi connectivity index (χ1v) is 9.15. The third-order valence-electron chi connectivity index (χ3n) is 4.24. The van der Waals surface area contributed by atoms with E-state index in [1.165, 1.54) is 0 Å². The number of Topliss-reactive ketones (excluding diaryl/α,β-unsaturated/α-hetero) is 1. The molecule has 0 saturated heterocycles. The minimum atomic E-state index is -0.457. The van der Waals surface area contributed by atoms with Crippen molar-refractivity contribution in [3.8, 4) is 16.9 Å². The molecule has 0 aliphatic carbocycles. The van der Waals surface area contributed by atoms with E-state index in [-0.39, 0.29) is 25.4 Å². The van der Waals surface area contributed by atoms with Gasteiger partial charge < -0.3 is 9.47 Å². The molecule has 4 heteroatoms. The second-order valence-electron chi connectivity index (χ2n) is 6.44. The van der Waals surface area contributed by atoms with E-state index < -0.39 is 5.97 Å². The monoisotopic (exact) mass is 374 g/mol. The fourth-order valence-electron chi connectivity index (χ4n) is 2.74. The Morgan fingerprint density at radius 2 is 1.54 bits per heavy atom. The lowest BCUT2D eigenvalue weighted by molar-refractivity contribution is -0.143. The van der Waals surface area contributed by atoms with E-state index in [9.17, 15) is 9.59 Å². The lowest BCUT2D eigenvalue weighted by Gasteiger charge is -2.08. The molecule has 0 amide bonds. The van der Waals surface area contributed by atoms with Crippen molar-refractivity contribution in [2.45, 2.75) is 13.3 Å². The highest BCUT2D eigenvalue weighted by Gasteiger charge is 2.10. The molecule has 28 heavy (non-hydrogen) atoms. The van der Waals surface area contributed by atoms with Crippen LogP contribution >= 0.6 is 0 Å². The van der Waals surface area contributed by atoms with Gasteiger partial charge in [-0.15, -0.1) is 0 Å².